The molecule has 0 N–H and O–H groups in total. The first-order valence-corrected chi connectivity index (χ1v) is 23.1. The van der Waals surface area contributed by atoms with Crippen molar-refractivity contribution in [2.45, 2.75) is 78.2 Å². The molecule has 0 radical (unpaired) electrons. The van der Waals surface area contributed by atoms with Gasteiger partial charge in [-0.1, -0.05) is 69.6 Å². The average Bonchev–Trinajstić information content (AvgIpc) is 3.11. The lowest BCUT2D eigenvalue weighted by molar-refractivity contribution is -0.127. The number of para-hydroxylation sites is 1. The zero-order chi connectivity index (χ0) is 26.0. The van der Waals surface area contributed by atoms with E-state index in [1.165, 1.54) is 22.0 Å². The van der Waals surface area contributed by atoms with E-state index in [1.54, 1.807) is 0 Å². The largest absolute Gasteiger partial charge is 0.544 e. The smallest absolute Gasteiger partial charge is 0.242 e. The van der Waals surface area contributed by atoms with Gasteiger partial charge in [0.2, 0.25) is 14.2 Å². The van der Waals surface area contributed by atoms with Crippen LogP contribution in [-0.4, -0.2) is 46.0 Å². The van der Waals surface area contributed by atoms with Gasteiger partial charge in [0.25, 0.3) is 0 Å². The molecule has 0 aliphatic rings. The van der Waals surface area contributed by atoms with Crippen molar-refractivity contribution in [1.29, 1.82) is 0 Å². The zero-order valence-corrected chi connectivity index (χ0v) is 26.2. The van der Waals surface area contributed by atoms with Crippen molar-refractivity contribution >= 4 is 41.6 Å². The van der Waals surface area contributed by atoms with Crippen LogP contribution in [0.4, 0.5) is 0 Å². The topological polar surface area (TPSA) is 34.5 Å². The van der Waals surface area contributed by atoms with Gasteiger partial charge in [-0.05, 0) is 68.0 Å². The van der Waals surface area contributed by atoms with Crippen molar-refractivity contribution in [2.24, 2.45) is 0 Å². The van der Waals surface area contributed by atoms with Gasteiger partial charge in [0.15, 0.2) is 16.5 Å². The second-order valence-corrected chi connectivity index (χ2v) is 26.7. The van der Waals surface area contributed by atoms with Crippen LogP contribution < -0.4 is 4.43 Å². The first-order chi connectivity index (χ1) is 16.1. The monoisotopic (exact) mass is 524 g/mol. The van der Waals surface area contributed by atoms with Gasteiger partial charge in [0.1, 0.15) is 5.75 Å². The van der Waals surface area contributed by atoms with Crippen molar-refractivity contribution in [1.82, 2.24) is 8.80 Å². The number of carbonyl (C=O) groups excluding carboxylic acids is 1. The average molecular weight is 525 g/mol. The Morgan fingerprint density at radius 1 is 0.857 bits per heavy atom. The molecule has 0 saturated carbocycles. The fraction of sp³-hybridized carbons (Fsp3) is 0.464. The van der Waals surface area contributed by atoms with Gasteiger partial charge in [0.05, 0.1) is 0 Å². The summed E-state index contributed by atoms with van der Waals surface area (Å²) in [5, 5.41) is 1.33. The number of aryl methyl sites for hydroxylation is 1. The predicted octanol–water partition coefficient (Wildman–Crippen LogP) is 7.38. The zero-order valence-electron chi connectivity index (χ0n) is 23.2. The summed E-state index contributed by atoms with van der Waals surface area (Å²) in [6.07, 6.45) is 4.57. The Balaban J connectivity index is 1.70. The summed E-state index contributed by atoms with van der Waals surface area (Å²) in [5.41, 5.74) is 3.88. The van der Waals surface area contributed by atoms with Gasteiger partial charge in [0, 0.05) is 23.9 Å². The summed E-state index contributed by atoms with van der Waals surface area (Å²) < 4.78 is 10.8. The summed E-state index contributed by atoms with van der Waals surface area (Å²) in [5.74, 6) is 1.21. The SMILES string of the molecule is C[Si](C)(C)Oc1ccc(CCC(=O)N(CCc2cn([Si](C)(C)C)c3ccccc23)[Si](C)(C)C)cc1. The molecule has 0 saturated heterocycles. The molecule has 1 heterocycles. The van der Waals surface area contributed by atoms with Crippen molar-refractivity contribution < 1.29 is 9.22 Å². The molecule has 0 fully saturated rings. The van der Waals surface area contributed by atoms with E-state index in [-0.39, 0.29) is 5.91 Å². The van der Waals surface area contributed by atoms with E-state index in [1.807, 2.05) is 12.1 Å². The minimum absolute atomic E-state index is 0.278. The maximum absolute atomic E-state index is 13.4. The normalized spacial score (nSPS) is 12.7. The highest BCUT2D eigenvalue weighted by atomic mass is 28.4. The van der Waals surface area contributed by atoms with E-state index in [9.17, 15) is 4.79 Å². The first kappa shape index (κ1) is 27.5. The molecule has 0 atom stereocenters. The molecular formula is C28H44N2O2Si3. The van der Waals surface area contributed by atoms with Gasteiger partial charge in [-0.2, -0.15) is 0 Å². The number of hydrogen-bond acceptors (Lipinski definition) is 2. The van der Waals surface area contributed by atoms with Crippen LogP contribution in [0.3, 0.4) is 0 Å². The third-order valence-corrected chi connectivity index (χ3v) is 11.0. The predicted molar refractivity (Wildman–Crippen MR) is 158 cm³/mol. The lowest BCUT2D eigenvalue weighted by Gasteiger charge is -2.34. The molecule has 0 aliphatic carbocycles. The Hall–Kier alpha value is -2.10. The summed E-state index contributed by atoms with van der Waals surface area (Å²) >= 11 is 0. The summed E-state index contributed by atoms with van der Waals surface area (Å²) in [7, 11) is -4.93. The van der Waals surface area contributed by atoms with Crippen LogP contribution in [0.25, 0.3) is 10.9 Å². The fourth-order valence-electron chi connectivity index (χ4n) is 4.53. The Morgan fingerprint density at radius 2 is 1.49 bits per heavy atom. The number of fused-ring (bicyclic) bond motifs is 1. The van der Waals surface area contributed by atoms with E-state index < -0.39 is 24.8 Å². The Bertz CT molecular complexity index is 1150. The second kappa shape index (κ2) is 10.5. The molecule has 1 amide bonds. The molecule has 0 bridgehead atoms. The van der Waals surface area contributed by atoms with Crippen LogP contribution in [0.15, 0.2) is 54.7 Å². The number of nitrogens with zero attached hydrogens (tertiary/aromatic N) is 2. The van der Waals surface area contributed by atoms with E-state index >= 15 is 0 Å². The fourth-order valence-corrected chi connectivity index (χ4v) is 8.48. The number of aromatic nitrogens is 1. The number of rotatable bonds is 10. The highest BCUT2D eigenvalue weighted by molar-refractivity contribution is 6.75. The lowest BCUT2D eigenvalue weighted by Crippen LogP contribution is -2.50. The van der Waals surface area contributed by atoms with Crippen LogP contribution in [0.5, 0.6) is 5.75 Å². The summed E-state index contributed by atoms with van der Waals surface area (Å²) in [6.45, 7) is 21.3. The van der Waals surface area contributed by atoms with Gasteiger partial charge in [-0.25, -0.2) is 0 Å². The highest BCUT2D eigenvalue weighted by Gasteiger charge is 2.29. The van der Waals surface area contributed by atoms with Crippen molar-refractivity contribution in [3.8, 4) is 5.75 Å². The molecular weight excluding hydrogens is 481 g/mol. The first-order valence-electron chi connectivity index (χ1n) is 12.8. The van der Waals surface area contributed by atoms with Crippen LogP contribution in [-0.2, 0) is 17.6 Å². The van der Waals surface area contributed by atoms with E-state index in [2.05, 4.69) is 110 Å². The molecule has 1 aromatic heterocycles. The van der Waals surface area contributed by atoms with Gasteiger partial charge >= 0.3 is 0 Å². The Kier molecular flexibility index (Phi) is 8.23. The molecule has 190 valence electrons. The van der Waals surface area contributed by atoms with Gasteiger partial charge in [-0.15, -0.1) is 0 Å². The molecule has 7 heteroatoms. The Morgan fingerprint density at radius 3 is 2.06 bits per heavy atom. The molecule has 4 nitrogen and oxygen atoms in total. The lowest BCUT2D eigenvalue weighted by atomic mass is 10.1. The van der Waals surface area contributed by atoms with Crippen LogP contribution in [0.2, 0.25) is 58.9 Å². The number of amides is 1. The number of hydrogen-bond donors (Lipinski definition) is 0. The number of benzene rings is 2. The van der Waals surface area contributed by atoms with E-state index in [4.69, 9.17) is 4.43 Å². The number of carbonyl (C=O) groups is 1. The molecule has 35 heavy (non-hydrogen) atoms. The molecule has 0 aliphatic heterocycles. The molecule has 0 spiro atoms. The third-order valence-electron chi connectivity index (χ3n) is 6.21. The minimum Gasteiger partial charge on any atom is -0.544 e. The van der Waals surface area contributed by atoms with Crippen LogP contribution in [0.1, 0.15) is 17.5 Å². The van der Waals surface area contributed by atoms with Crippen LogP contribution >= 0.6 is 0 Å². The van der Waals surface area contributed by atoms with Gasteiger partial charge < -0.3 is 13.2 Å². The molecule has 3 aromatic rings. The van der Waals surface area contributed by atoms with Crippen molar-refractivity contribution in [2.75, 3.05) is 6.54 Å². The van der Waals surface area contributed by atoms with E-state index in [0.29, 0.717) is 6.42 Å². The molecule has 0 unspecified atom stereocenters. The van der Waals surface area contributed by atoms with Gasteiger partial charge in [-0.3, -0.25) is 4.79 Å². The third kappa shape index (κ3) is 7.44. The quantitative estimate of drug-likeness (QED) is 0.259. The standard InChI is InChI=1S/C28H44N2O2Si3/c1-33(2,3)29(28(31)19-16-23-14-17-25(18-15-23)32-35(7,8)9)21-20-24-22-30(34(4,5)6)27-13-11-10-12-26(24)27/h10-15,17-18,22H,16,19-21H2,1-9H3. The highest BCUT2D eigenvalue weighted by Crippen LogP contribution is 2.26. The summed E-state index contributed by atoms with van der Waals surface area (Å²) in [4.78, 5) is 13.4. The van der Waals surface area contributed by atoms with Crippen molar-refractivity contribution in [3.05, 3.63) is 65.9 Å². The minimum atomic E-state index is -1.80. The second-order valence-electron chi connectivity index (χ2n) is 12.5. The maximum atomic E-state index is 13.4. The van der Waals surface area contributed by atoms with Crippen molar-refractivity contribution in [3.63, 3.8) is 0 Å². The molecule has 3 rings (SSSR count). The summed E-state index contributed by atoms with van der Waals surface area (Å²) in [6, 6.07) is 17.0. The Labute approximate surface area is 215 Å². The maximum Gasteiger partial charge on any atom is 0.242 e. The molecule has 2 aromatic carbocycles. The van der Waals surface area contributed by atoms with Crippen LogP contribution in [0, 0.1) is 0 Å². The van der Waals surface area contributed by atoms with E-state index in [0.717, 1.165) is 25.1 Å².